The lowest BCUT2D eigenvalue weighted by molar-refractivity contribution is 0.441. The van der Waals surface area contributed by atoms with E-state index in [1.165, 1.54) is 6.07 Å². The predicted molar refractivity (Wildman–Crippen MR) is 57.6 cm³/mol. The van der Waals surface area contributed by atoms with E-state index in [-0.39, 0.29) is 11.5 Å². The van der Waals surface area contributed by atoms with E-state index in [2.05, 4.69) is 0 Å². The number of nitrogens with zero attached hydrogens (tertiary/aromatic N) is 2. The van der Waals surface area contributed by atoms with E-state index in [4.69, 9.17) is 10.5 Å². The van der Waals surface area contributed by atoms with Crippen molar-refractivity contribution in [1.29, 1.82) is 10.5 Å². The van der Waals surface area contributed by atoms with Crippen molar-refractivity contribution in [2.75, 3.05) is 0 Å². The number of nitriles is 2. The number of hydrogen-bond acceptors (Lipinski definition) is 4. The van der Waals surface area contributed by atoms with Gasteiger partial charge >= 0.3 is 0 Å². The number of aromatic hydroxyl groups is 2. The summed E-state index contributed by atoms with van der Waals surface area (Å²) in [4.78, 5) is 0. The maximum atomic E-state index is 9.53. The summed E-state index contributed by atoms with van der Waals surface area (Å²) in [5.74, 6) is -0.0121. The van der Waals surface area contributed by atoms with Gasteiger partial charge in [0, 0.05) is 18.9 Å². The summed E-state index contributed by atoms with van der Waals surface area (Å²) < 4.78 is 0. The van der Waals surface area contributed by atoms with Gasteiger partial charge < -0.3 is 10.2 Å². The first-order valence-electron chi connectivity index (χ1n) is 4.96. The highest BCUT2D eigenvalue weighted by molar-refractivity contribution is 5.45. The zero-order valence-corrected chi connectivity index (χ0v) is 8.77. The van der Waals surface area contributed by atoms with Gasteiger partial charge in [-0.2, -0.15) is 10.5 Å². The molecule has 0 saturated carbocycles. The average Bonchev–Trinajstić information content (AvgIpc) is 2.26. The minimum Gasteiger partial charge on any atom is -0.508 e. The SMILES string of the molecule is N#CCCc1cc(CCC#N)c(O)cc1O. The summed E-state index contributed by atoms with van der Waals surface area (Å²) in [6.07, 6.45) is 1.52. The Morgan fingerprint density at radius 2 is 1.31 bits per heavy atom. The number of aryl methyl sites for hydroxylation is 2. The third kappa shape index (κ3) is 2.90. The standard InChI is InChI=1S/C12H12N2O2/c13-5-1-3-9-7-10(4-2-6-14)12(16)8-11(9)15/h7-8,15-16H,1-4H2. The Morgan fingerprint density at radius 1 is 0.875 bits per heavy atom. The predicted octanol–water partition coefficient (Wildman–Crippen LogP) is 2.01. The number of phenolic OH excluding ortho intramolecular Hbond substituents is 2. The fourth-order valence-electron chi connectivity index (χ4n) is 1.45. The van der Waals surface area contributed by atoms with E-state index < -0.39 is 0 Å². The van der Waals surface area contributed by atoms with E-state index in [1.54, 1.807) is 6.07 Å². The van der Waals surface area contributed by atoms with Crippen molar-refractivity contribution >= 4 is 0 Å². The molecule has 0 heterocycles. The Hall–Kier alpha value is -2.20. The van der Waals surface area contributed by atoms with E-state index in [9.17, 15) is 10.2 Å². The third-order valence-electron chi connectivity index (χ3n) is 2.29. The number of rotatable bonds is 4. The Morgan fingerprint density at radius 3 is 1.69 bits per heavy atom. The molecule has 0 aliphatic carbocycles. The molecule has 0 fully saturated rings. The number of benzene rings is 1. The molecule has 0 spiro atoms. The summed E-state index contributed by atoms with van der Waals surface area (Å²) in [5.41, 5.74) is 1.26. The first-order valence-corrected chi connectivity index (χ1v) is 4.96. The number of hydrogen-bond donors (Lipinski definition) is 2. The average molecular weight is 216 g/mol. The molecule has 0 aliphatic rings. The lowest BCUT2D eigenvalue weighted by Gasteiger charge is -2.07. The van der Waals surface area contributed by atoms with E-state index in [0.29, 0.717) is 36.8 Å². The molecule has 0 unspecified atom stereocenters. The molecule has 4 heteroatoms. The molecule has 0 amide bonds. The van der Waals surface area contributed by atoms with Crippen molar-refractivity contribution in [3.8, 4) is 23.6 Å². The highest BCUT2D eigenvalue weighted by Crippen LogP contribution is 2.29. The van der Waals surface area contributed by atoms with E-state index >= 15 is 0 Å². The van der Waals surface area contributed by atoms with Gasteiger partial charge in [0.2, 0.25) is 0 Å². The third-order valence-corrected chi connectivity index (χ3v) is 2.29. The first-order chi connectivity index (χ1) is 7.69. The molecule has 16 heavy (non-hydrogen) atoms. The molecule has 82 valence electrons. The van der Waals surface area contributed by atoms with Crippen molar-refractivity contribution in [3.05, 3.63) is 23.3 Å². The lowest BCUT2D eigenvalue weighted by atomic mass is 10.0. The molecule has 0 radical (unpaired) electrons. The second-order valence-corrected chi connectivity index (χ2v) is 3.43. The largest absolute Gasteiger partial charge is 0.508 e. The zero-order valence-electron chi connectivity index (χ0n) is 8.77. The van der Waals surface area contributed by atoms with Gasteiger partial charge in [-0.3, -0.25) is 0 Å². The normalized spacial score (nSPS) is 9.38. The molecular formula is C12H12N2O2. The molecule has 1 aromatic carbocycles. The lowest BCUT2D eigenvalue weighted by Crippen LogP contribution is -1.91. The fourth-order valence-corrected chi connectivity index (χ4v) is 1.45. The molecule has 4 nitrogen and oxygen atoms in total. The van der Waals surface area contributed by atoms with Crippen LogP contribution in [-0.2, 0) is 12.8 Å². The van der Waals surface area contributed by atoms with Gasteiger partial charge in [-0.15, -0.1) is 0 Å². The van der Waals surface area contributed by atoms with Crippen LogP contribution >= 0.6 is 0 Å². The summed E-state index contributed by atoms with van der Waals surface area (Å²) in [6, 6.07) is 6.90. The van der Waals surface area contributed by atoms with Crippen LogP contribution < -0.4 is 0 Å². The maximum Gasteiger partial charge on any atom is 0.122 e. The van der Waals surface area contributed by atoms with Crippen LogP contribution in [0.15, 0.2) is 12.1 Å². The molecule has 0 aliphatic heterocycles. The van der Waals surface area contributed by atoms with Crippen LogP contribution in [0, 0.1) is 22.7 Å². The fraction of sp³-hybridized carbons (Fsp3) is 0.333. The van der Waals surface area contributed by atoms with Crippen LogP contribution in [0.3, 0.4) is 0 Å². The summed E-state index contributed by atoms with van der Waals surface area (Å²) >= 11 is 0. The smallest absolute Gasteiger partial charge is 0.122 e. The van der Waals surface area contributed by atoms with Crippen LogP contribution in [0.4, 0.5) is 0 Å². The molecule has 1 rings (SSSR count). The van der Waals surface area contributed by atoms with Crippen molar-refractivity contribution in [1.82, 2.24) is 0 Å². The molecule has 0 saturated heterocycles. The van der Waals surface area contributed by atoms with Crippen molar-refractivity contribution in [3.63, 3.8) is 0 Å². The van der Waals surface area contributed by atoms with Crippen molar-refractivity contribution in [2.24, 2.45) is 0 Å². The minimum absolute atomic E-state index is 0.00606. The monoisotopic (exact) mass is 216 g/mol. The Balaban J connectivity index is 2.93. The second-order valence-electron chi connectivity index (χ2n) is 3.43. The zero-order chi connectivity index (χ0) is 12.0. The topological polar surface area (TPSA) is 88.0 Å². The van der Waals surface area contributed by atoms with Crippen LogP contribution in [0.25, 0.3) is 0 Å². The van der Waals surface area contributed by atoms with Gasteiger partial charge in [0.15, 0.2) is 0 Å². The van der Waals surface area contributed by atoms with Crippen LogP contribution in [0.1, 0.15) is 24.0 Å². The molecule has 0 atom stereocenters. The van der Waals surface area contributed by atoms with Gasteiger partial charge in [0.25, 0.3) is 0 Å². The van der Waals surface area contributed by atoms with Gasteiger partial charge in [-0.05, 0) is 30.0 Å². The highest BCUT2D eigenvalue weighted by Gasteiger charge is 2.08. The molecule has 0 bridgehead atoms. The van der Waals surface area contributed by atoms with Crippen molar-refractivity contribution < 1.29 is 10.2 Å². The Kier molecular flexibility index (Phi) is 4.17. The highest BCUT2D eigenvalue weighted by atomic mass is 16.3. The summed E-state index contributed by atoms with van der Waals surface area (Å²) in [6.45, 7) is 0. The first kappa shape index (κ1) is 11.9. The van der Waals surface area contributed by atoms with Crippen LogP contribution in [0.5, 0.6) is 11.5 Å². The Bertz CT molecular complexity index is 416. The van der Waals surface area contributed by atoms with Gasteiger partial charge in [-0.25, -0.2) is 0 Å². The maximum absolute atomic E-state index is 9.53. The van der Waals surface area contributed by atoms with Gasteiger partial charge in [0.1, 0.15) is 11.5 Å². The van der Waals surface area contributed by atoms with Crippen molar-refractivity contribution in [2.45, 2.75) is 25.7 Å². The molecule has 2 N–H and O–H groups in total. The van der Waals surface area contributed by atoms with Gasteiger partial charge in [-0.1, -0.05) is 0 Å². The number of phenols is 2. The quantitative estimate of drug-likeness (QED) is 0.805. The van der Waals surface area contributed by atoms with Gasteiger partial charge in [0.05, 0.1) is 12.1 Å². The second kappa shape index (κ2) is 5.63. The van der Waals surface area contributed by atoms with E-state index in [0.717, 1.165) is 0 Å². The van der Waals surface area contributed by atoms with Crippen LogP contribution in [-0.4, -0.2) is 10.2 Å². The minimum atomic E-state index is -0.00606. The van der Waals surface area contributed by atoms with Crippen LogP contribution in [0.2, 0.25) is 0 Å². The summed E-state index contributed by atoms with van der Waals surface area (Å²) in [5, 5.41) is 36.0. The molecular weight excluding hydrogens is 204 g/mol. The Labute approximate surface area is 94.0 Å². The van der Waals surface area contributed by atoms with E-state index in [1.807, 2.05) is 12.1 Å². The summed E-state index contributed by atoms with van der Waals surface area (Å²) in [7, 11) is 0. The molecule has 1 aromatic rings. The molecule has 0 aromatic heterocycles.